The van der Waals surface area contributed by atoms with Gasteiger partial charge in [0, 0.05) is 37.7 Å². The van der Waals surface area contributed by atoms with E-state index in [1.165, 1.54) is 12.1 Å². The van der Waals surface area contributed by atoms with E-state index in [-0.39, 0.29) is 17.8 Å². The van der Waals surface area contributed by atoms with E-state index in [9.17, 15) is 9.18 Å². The van der Waals surface area contributed by atoms with Gasteiger partial charge < -0.3 is 19.7 Å². The lowest BCUT2D eigenvalue weighted by Crippen LogP contribution is -2.32. The van der Waals surface area contributed by atoms with Crippen molar-refractivity contribution in [2.24, 2.45) is 0 Å². The number of rotatable bonds is 7. The number of carbonyl (C=O) groups excluding carboxylic acids is 1. The van der Waals surface area contributed by atoms with Crippen LogP contribution in [0.4, 0.5) is 4.39 Å². The number of methoxy groups -OCH3 is 2. The van der Waals surface area contributed by atoms with Crippen molar-refractivity contribution in [3.05, 3.63) is 59.4 Å². The molecule has 6 heteroatoms. The Morgan fingerprint density at radius 3 is 2.77 bits per heavy atom. The lowest BCUT2D eigenvalue weighted by molar-refractivity contribution is -0.128. The number of amides is 1. The second-order valence-electron chi connectivity index (χ2n) is 6.36. The highest BCUT2D eigenvalue weighted by Gasteiger charge is 2.29. The Bertz CT molecular complexity index is 781. The molecule has 3 rings (SSSR count). The van der Waals surface area contributed by atoms with E-state index in [0.29, 0.717) is 26.1 Å². The molecule has 1 amide bonds. The second kappa shape index (κ2) is 8.19. The van der Waals surface area contributed by atoms with Gasteiger partial charge in [-0.3, -0.25) is 4.79 Å². The molecule has 138 valence electrons. The largest absolute Gasteiger partial charge is 0.497 e. The summed E-state index contributed by atoms with van der Waals surface area (Å²) in [5.41, 5.74) is 1.77. The molecule has 1 atom stereocenters. The number of ether oxygens (including phenoxy) is 2. The molecular weight excluding hydrogens is 335 g/mol. The Morgan fingerprint density at radius 1 is 1.19 bits per heavy atom. The maximum absolute atomic E-state index is 13.3. The van der Waals surface area contributed by atoms with Crippen LogP contribution in [0.5, 0.6) is 11.5 Å². The quantitative estimate of drug-likeness (QED) is 0.827. The molecule has 0 bridgehead atoms. The van der Waals surface area contributed by atoms with Gasteiger partial charge in [-0.05, 0) is 35.9 Å². The predicted octanol–water partition coefficient (Wildman–Crippen LogP) is 2.73. The third kappa shape index (κ3) is 4.32. The van der Waals surface area contributed by atoms with E-state index in [2.05, 4.69) is 5.32 Å². The summed E-state index contributed by atoms with van der Waals surface area (Å²) in [5, 5.41) is 3.41. The number of nitrogens with zero attached hydrogens (tertiary/aromatic N) is 1. The molecule has 1 fully saturated rings. The molecule has 0 unspecified atom stereocenters. The zero-order valence-electron chi connectivity index (χ0n) is 15.0. The lowest BCUT2D eigenvalue weighted by atomic mass is 10.1. The fourth-order valence-corrected chi connectivity index (χ4v) is 3.19. The van der Waals surface area contributed by atoms with Crippen LogP contribution in [-0.4, -0.2) is 37.6 Å². The van der Waals surface area contributed by atoms with Crippen LogP contribution in [0.25, 0.3) is 0 Å². The number of nitrogens with one attached hydrogen (secondary N) is 1. The van der Waals surface area contributed by atoms with Crippen molar-refractivity contribution in [3.8, 4) is 11.5 Å². The van der Waals surface area contributed by atoms with Gasteiger partial charge in [-0.15, -0.1) is 0 Å². The minimum Gasteiger partial charge on any atom is -0.497 e. The Labute approximate surface area is 152 Å². The van der Waals surface area contributed by atoms with Gasteiger partial charge >= 0.3 is 0 Å². The van der Waals surface area contributed by atoms with Crippen molar-refractivity contribution < 1.29 is 18.7 Å². The lowest BCUT2D eigenvalue weighted by Gasteiger charge is -2.18. The van der Waals surface area contributed by atoms with E-state index in [0.717, 1.165) is 22.6 Å². The van der Waals surface area contributed by atoms with Crippen LogP contribution in [0.1, 0.15) is 17.5 Å². The Kier molecular flexibility index (Phi) is 5.73. The van der Waals surface area contributed by atoms with E-state index < -0.39 is 0 Å². The Balaban J connectivity index is 1.59. The van der Waals surface area contributed by atoms with Gasteiger partial charge in [0.1, 0.15) is 17.3 Å². The standard InChI is InChI=1S/C20H23FN2O3/c1-25-18-6-7-19(26-2)15(9-18)11-22-17-10-20(24)23(13-17)12-14-4-3-5-16(21)8-14/h3-9,17,22H,10-13H2,1-2H3/t17-/m0/s1. The van der Waals surface area contributed by atoms with Crippen LogP contribution in [0, 0.1) is 5.82 Å². The smallest absolute Gasteiger partial charge is 0.224 e. The maximum Gasteiger partial charge on any atom is 0.224 e. The second-order valence-corrected chi connectivity index (χ2v) is 6.36. The molecule has 0 aromatic heterocycles. The highest BCUT2D eigenvalue weighted by Crippen LogP contribution is 2.24. The van der Waals surface area contributed by atoms with Crippen molar-refractivity contribution in [2.45, 2.75) is 25.6 Å². The van der Waals surface area contributed by atoms with Crippen LogP contribution < -0.4 is 14.8 Å². The molecule has 1 aliphatic heterocycles. The van der Waals surface area contributed by atoms with E-state index in [1.807, 2.05) is 24.3 Å². The molecule has 0 aliphatic carbocycles. The summed E-state index contributed by atoms with van der Waals surface area (Å²) < 4.78 is 24.0. The monoisotopic (exact) mass is 358 g/mol. The predicted molar refractivity (Wildman–Crippen MR) is 96.6 cm³/mol. The van der Waals surface area contributed by atoms with Gasteiger partial charge in [0.15, 0.2) is 0 Å². The molecule has 5 nitrogen and oxygen atoms in total. The fraction of sp³-hybridized carbons (Fsp3) is 0.350. The molecule has 1 N–H and O–H groups in total. The summed E-state index contributed by atoms with van der Waals surface area (Å²) >= 11 is 0. The number of carbonyl (C=O) groups is 1. The van der Waals surface area contributed by atoms with Crippen LogP contribution in [0.2, 0.25) is 0 Å². The first-order valence-corrected chi connectivity index (χ1v) is 8.55. The molecule has 1 heterocycles. The van der Waals surface area contributed by atoms with Gasteiger partial charge in [-0.25, -0.2) is 4.39 Å². The average molecular weight is 358 g/mol. The van der Waals surface area contributed by atoms with Gasteiger partial charge in [-0.1, -0.05) is 12.1 Å². The molecule has 1 saturated heterocycles. The van der Waals surface area contributed by atoms with Crippen LogP contribution in [-0.2, 0) is 17.9 Å². The highest BCUT2D eigenvalue weighted by atomic mass is 19.1. The summed E-state index contributed by atoms with van der Waals surface area (Å²) in [4.78, 5) is 14.0. The summed E-state index contributed by atoms with van der Waals surface area (Å²) in [6.45, 7) is 1.60. The third-order valence-corrected chi connectivity index (χ3v) is 4.55. The topological polar surface area (TPSA) is 50.8 Å². The molecule has 2 aromatic carbocycles. The molecule has 26 heavy (non-hydrogen) atoms. The number of likely N-dealkylation sites (tertiary alicyclic amines) is 1. The number of hydrogen-bond donors (Lipinski definition) is 1. The first-order chi connectivity index (χ1) is 12.6. The molecule has 2 aromatic rings. The first-order valence-electron chi connectivity index (χ1n) is 8.55. The minimum atomic E-state index is -0.283. The summed E-state index contributed by atoms with van der Waals surface area (Å²) in [5.74, 6) is 1.33. The molecule has 0 saturated carbocycles. The van der Waals surface area contributed by atoms with Gasteiger partial charge in [-0.2, -0.15) is 0 Å². The van der Waals surface area contributed by atoms with Crippen LogP contribution in [0.15, 0.2) is 42.5 Å². The first kappa shape index (κ1) is 18.2. The van der Waals surface area contributed by atoms with Crippen molar-refractivity contribution in [2.75, 3.05) is 20.8 Å². The van der Waals surface area contributed by atoms with Crippen LogP contribution >= 0.6 is 0 Å². The summed E-state index contributed by atoms with van der Waals surface area (Å²) in [6.07, 6.45) is 0.432. The van der Waals surface area contributed by atoms with Gasteiger partial charge in [0.25, 0.3) is 0 Å². The van der Waals surface area contributed by atoms with Crippen molar-refractivity contribution in [1.82, 2.24) is 10.2 Å². The molecular formula is C20H23FN2O3. The summed E-state index contributed by atoms with van der Waals surface area (Å²) in [6, 6.07) is 12.1. The van der Waals surface area contributed by atoms with E-state index in [4.69, 9.17) is 9.47 Å². The van der Waals surface area contributed by atoms with Crippen molar-refractivity contribution >= 4 is 5.91 Å². The fourth-order valence-electron chi connectivity index (χ4n) is 3.19. The number of hydrogen-bond acceptors (Lipinski definition) is 4. The normalized spacial score (nSPS) is 16.8. The zero-order valence-corrected chi connectivity index (χ0v) is 15.0. The van der Waals surface area contributed by atoms with Gasteiger partial charge in [0.2, 0.25) is 5.91 Å². The number of halogens is 1. The van der Waals surface area contributed by atoms with E-state index in [1.54, 1.807) is 25.2 Å². The Hall–Kier alpha value is -2.60. The molecule has 0 spiro atoms. The SMILES string of the molecule is COc1ccc(OC)c(CN[C@H]2CC(=O)N(Cc3cccc(F)c3)C2)c1. The van der Waals surface area contributed by atoms with Gasteiger partial charge in [0.05, 0.1) is 14.2 Å². The summed E-state index contributed by atoms with van der Waals surface area (Å²) in [7, 11) is 3.25. The maximum atomic E-state index is 13.3. The molecule has 0 radical (unpaired) electrons. The Morgan fingerprint density at radius 2 is 2.04 bits per heavy atom. The molecule has 1 aliphatic rings. The number of benzene rings is 2. The highest BCUT2D eigenvalue weighted by molar-refractivity contribution is 5.79. The van der Waals surface area contributed by atoms with Crippen molar-refractivity contribution in [3.63, 3.8) is 0 Å². The minimum absolute atomic E-state index is 0.0481. The third-order valence-electron chi connectivity index (χ3n) is 4.55. The zero-order chi connectivity index (χ0) is 18.5. The van der Waals surface area contributed by atoms with Crippen LogP contribution in [0.3, 0.4) is 0 Å². The van der Waals surface area contributed by atoms with E-state index >= 15 is 0 Å². The van der Waals surface area contributed by atoms with Crippen molar-refractivity contribution in [1.29, 1.82) is 0 Å². The average Bonchev–Trinajstić information content (AvgIpc) is 2.99.